The molecule has 5 heteroatoms. The zero-order valence-corrected chi connectivity index (χ0v) is 8.56. The Morgan fingerprint density at radius 1 is 1.50 bits per heavy atom. The minimum absolute atomic E-state index is 0.293. The molecule has 2 rings (SSSR count). The zero-order chi connectivity index (χ0) is 10.1. The second-order valence-corrected chi connectivity index (χ2v) is 3.94. The first kappa shape index (κ1) is 9.21. The maximum Gasteiger partial charge on any atom is 0.329 e. The topological polar surface area (TPSA) is 54.9 Å². The molecule has 0 aliphatic carbocycles. The number of aromatic amines is 1. The van der Waals surface area contributed by atoms with Gasteiger partial charge < -0.3 is 0 Å². The highest BCUT2D eigenvalue weighted by atomic mass is 32.1. The summed E-state index contributed by atoms with van der Waals surface area (Å²) in [6, 6.07) is 1.74. The molecule has 2 aromatic rings. The summed E-state index contributed by atoms with van der Waals surface area (Å²) < 4.78 is 1.61. The van der Waals surface area contributed by atoms with Crippen LogP contribution in [-0.2, 0) is 6.54 Å². The van der Waals surface area contributed by atoms with Gasteiger partial charge in [0.2, 0.25) is 0 Å². The van der Waals surface area contributed by atoms with Crippen LogP contribution in [-0.4, -0.2) is 9.55 Å². The van der Waals surface area contributed by atoms with Crippen LogP contribution < -0.4 is 11.2 Å². The molecule has 0 bridgehead atoms. The molecule has 0 saturated carbocycles. The van der Waals surface area contributed by atoms with E-state index in [4.69, 9.17) is 0 Å². The van der Waals surface area contributed by atoms with Crippen LogP contribution in [0, 0.1) is 0 Å². The number of hydrogen-bond donors (Lipinski definition) is 1. The number of rotatable bonds is 2. The molecule has 0 spiro atoms. The van der Waals surface area contributed by atoms with Crippen LogP contribution in [0.25, 0.3) is 10.2 Å². The number of nitrogens with one attached hydrogen (secondary N) is 1. The van der Waals surface area contributed by atoms with Crippen LogP contribution in [0.1, 0.15) is 13.3 Å². The van der Waals surface area contributed by atoms with E-state index in [0.717, 1.165) is 11.3 Å². The quantitative estimate of drug-likeness (QED) is 0.808. The van der Waals surface area contributed by atoms with Gasteiger partial charge in [-0.1, -0.05) is 6.92 Å². The van der Waals surface area contributed by atoms with Crippen LogP contribution in [0.4, 0.5) is 0 Å². The Labute approximate surface area is 83.8 Å². The zero-order valence-electron chi connectivity index (χ0n) is 7.74. The van der Waals surface area contributed by atoms with E-state index in [1.807, 2.05) is 12.3 Å². The van der Waals surface area contributed by atoms with Crippen molar-refractivity contribution in [3.63, 3.8) is 0 Å². The molecule has 0 amide bonds. The van der Waals surface area contributed by atoms with E-state index in [-0.39, 0.29) is 11.2 Å². The lowest BCUT2D eigenvalue weighted by molar-refractivity contribution is 0.661. The first-order chi connectivity index (χ1) is 6.74. The molecule has 0 aliphatic rings. The predicted molar refractivity (Wildman–Crippen MR) is 57.0 cm³/mol. The first-order valence-corrected chi connectivity index (χ1v) is 5.32. The lowest BCUT2D eigenvalue weighted by Gasteiger charge is -2.03. The van der Waals surface area contributed by atoms with Gasteiger partial charge in [-0.3, -0.25) is 14.3 Å². The lowest BCUT2D eigenvalue weighted by Crippen LogP contribution is -2.29. The third-order valence-electron chi connectivity index (χ3n) is 2.05. The maximum absolute atomic E-state index is 11.5. The molecule has 14 heavy (non-hydrogen) atoms. The number of hydrogen-bond acceptors (Lipinski definition) is 3. The first-order valence-electron chi connectivity index (χ1n) is 4.44. The van der Waals surface area contributed by atoms with Crippen molar-refractivity contribution in [1.82, 2.24) is 9.55 Å². The van der Waals surface area contributed by atoms with E-state index < -0.39 is 0 Å². The molecule has 0 aromatic carbocycles. The summed E-state index contributed by atoms with van der Waals surface area (Å²) in [5.74, 6) is 0. The summed E-state index contributed by atoms with van der Waals surface area (Å²) in [5.41, 5.74) is -0.606. The lowest BCUT2D eigenvalue weighted by atomic mass is 10.4. The largest absolute Gasteiger partial charge is 0.329 e. The van der Waals surface area contributed by atoms with Gasteiger partial charge >= 0.3 is 5.69 Å². The van der Waals surface area contributed by atoms with Crippen molar-refractivity contribution in [2.24, 2.45) is 0 Å². The van der Waals surface area contributed by atoms with Gasteiger partial charge in [0.15, 0.2) is 0 Å². The minimum atomic E-state index is -0.313. The fraction of sp³-hybridized carbons (Fsp3) is 0.333. The number of thiophene rings is 1. The van der Waals surface area contributed by atoms with Crippen LogP contribution in [0.2, 0.25) is 0 Å². The molecular formula is C9H10N2O2S. The average molecular weight is 210 g/mol. The molecule has 74 valence electrons. The molecule has 1 N–H and O–H groups in total. The van der Waals surface area contributed by atoms with Crippen LogP contribution in [0.3, 0.4) is 0 Å². The molecule has 4 nitrogen and oxygen atoms in total. The highest BCUT2D eigenvalue weighted by Gasteiger charge is 2.06. The Morgan fingerprint density at radius 2 is 2.29 bits per heavy atom. The Morgan fingerprint density at radius 3 is 3.00 bits per heavy atom. The van der Waals surface area contributed by atoms with Crippen molar-refractivity contribution >= 4 is 21.6 Å². The van der Waals surface area contributed by atoms with Gasteiger partial charge in [-0.2, -0.15) is 0 Å². The van der Waals surface area contributed by atoms with E-state index in [0.29, 0.717) is 11.9 Å². The van der Waals surface area contributed by atoms with E-state index in [1.54, 1.807) is 10.6 Å². The predicted octanol–water partition coefficient (Wildman–Crippen LogP) is 1.16. The van der Waals surface area contributed by atoms with Crippen molar-refractivity contribution in [2.45, 2.75) is 19.9 Å². The van der Waals surface area contributed by atoms with Crippen LogP contribution in [0.15, 0.2) is 21.0 Å². The second kappa shape index (κ2) is 3.42. The Kier molecular flexibility index (Phi) is 2.25. The molecule has 2 aromatic heterocycles. The highest BCUT2D eigenvalue weighted by molar-refractivity contribution is 7.16. The molecule has 0 unspecified atom stereocenters. The number of aryl methyl sites for hydroxylation is 1. The van der Waals surface area contributed by atoms with Gasteiger partial charge in [0.05, 0.1) is 5.39 Å². The maximum atomic E-state index is 11.5. The van der Waals surface area contributed by atoms with E-state index in [1.165, 1.54) is 11.3 Å². The molecule has 0 atom stereocenters. The van der Waals surface area contributed by atoms with Crippen molar-refractivity contribution in [3.05, 3.63) is 32.3 Å². The van der Waals surface area contributed by atoms with Crippen molar-refractivity contribution in [3.8, 4) is 0 Å². The van der Waals surface area contributed by atoms with Gasteiger partial charge in [-0.15, -0.1) is 11.3 Å². The minimum Gasteiger partial charge on any atom is -0.285 e. The highest BCUT2D eigenvalue weighted by Crippen LogP contribution is 2.14. The molecule has 2 heterocycles. The molecule has 0 aliphatic heterocycles. The summed E-state index contributed by atoms with van der Waals surface area (Å²) in [7, 11) is 0. The summed E-state index contributed by atoms with van der Waals surface area (Å²) >= 11 is 1.43. The second-order valence-electron chi connectivity index (χ2n) is 3.05. The third-order valence-corrected chi connectivity index (χ3v) is 2.98. The summed E-state index contributed by atoms with van der Waals surface area (Å²) in [5, 5.41) is 2.42. The van der Waals surface area contributed by atoms with Gasteiger partial charge in [0, 0.05) is 6.54 Å². The molecule has 0 saturated heterocycles. The number of aromatic nitrogens is 2. The fourth-order valence-electron chi connectivity index (χ4n) is 1.43. The Bertz CT molecular complexity index is 564. The molecular weight excluding hydrogens is 200 g/mol. The number of fused-ring (bicyclic) bond motifs is 1. The van der Waals surface area contributed by atoms with Crippen molar-refractivity contribution < 1.29 is 0 Å². The van der Waals surface area contributed by atoms with Gasteiger partial charge in [0.1, 0.15) is 4.83 Å². The fourth-order valence-corrected chi connectivity index (χ4v) is 2.36. The van der Waals surface area contributed by atoms with E-state index in [2.05, 4.69) is 4.98 Å². The van der Waals surface area contributed by atoms with Gasteiger partial charge in [-0.25, -0.2) is 4.79 Å². The Balaban J connectivity index is 2.86. The normalized spacial score (nSPS) is 10.9. The van der Waals surface area contributed by atoms with Crippen molar-refractivity contribution in [2.75, 3.05) is 0 Å². The number of H-pyrrole nitrogens is 1. The van der Waals surface area contributed by atoms with Crippen LogP contribution >= 0.6 is 11.3 Å². The third kappa shape index (κ3) is 1.29. The summed E-state index contributed by atoms with van der Waals surface area (Å²) in [6.07, 6.45) is 0.874. The SMILES string of the molecule is CCCn1c(=O)[nH]c(=O)c2ccsc21. The van der Waals surface area contributed by atoms with E-state index >= 15 is 0 Å². The standard InChI is InChI=1S/C9H10N2O2S/c1-2-4-11-8-6(3-5-14-8)7(12)10-9(11)13/h3,5H,2,4H2,1H3,(H,10,12,13). The summed E-state index contributed by atoms with van der Waals surface area (Å²) in [6.45, 7) is 2.64. The number of nitrogens with zero attached hydrogens (tertiary/aromatic N) is 1. The smallest absolute Gasteiger partial charge is 0.285 e. The van der Waals surface area contributed by atoms with Gasteiger partial charge in [-0.05, 0) is 17.9 Å². The van der Waals surface area contributed by atoms with Crippen molar-refractivity contribution in [1.29, 1.82) is 0 Å². The monoisotopic (exact) mass is 210 g/mol. The van der Waals surface area contributed by atoms with Crippen LogP contribution in [0.5, 0.6) is 0 Å². The summed E-state index contributed by atoms with van der Waals surface area (Å²) in [4.78, 5) is 25.9. The van der Waals surface area contributed by atoms with Gasteiger partial charge in [0.25, 0.3) is 5.56 Å². The Hall–Kier alpha value is -1.36. The molecule has 0 fully saturated rings. The average Bonchev–Trinajstić information content (AvgIpc) is 2.60. The van der Waals surface area contributed by atoms with E-state index in [9.17, 15) is 9.59 Å². The molecule has 0 radical (unpaired) electrons.